The van der Waals surface area contributed by atoms with Crippen LogP contribution in [0.3, 0.4) is 0 Å². The Morgan fingerprint density at radius 2 is 1.95 bits per heavy atom. The van der Waals surface area contributed by atoms with Crippen LogP contribution in [0.5, 0.6) is 0 Å². The highest BCUT2D eigenvalue weighted by atomic mass is 35.5. The first-order valence-electron chi connectivity index (χ1n) is 11.5. The summed E-state index contributed by atoms with van der Waals surface area (Å²) in [5, 5.41) is 7.96. The molecule has 2 N–H and O–H groups in total. The van der Waals surface area contributed by atoms with Gasteiger partial charge in [-0.25, -0.2) is 0 Å². The van der Waals surface area contributed by atoms with Crippen LogP contribution >= 0.6 is 47.0 Å². The number of halogens is 3. The molecule has 2 atom stereocenters. The SMILES string of the molecule is COCC(=O)Nc1ccc(N2C(=S)N[C@H](c3ccccn3)[C@@H]2c2ccc(-c3ccc(Cl)cc3Cl)o2)cc1Cl. The lowest BCUT2D eigenvalue weighted by molar-refractivity contribution is -0.119. The Bertz CT molecular complexity index is 1500. The van der Waals surface area contributed by atoms with Crippen LogP contribution in [0.1, 0.15) is 23.5 Å². The quantitative estimate of drug-likeness (QED) is 0.224. The second kappa shape index (κ2) is 11.3. The molecule has 4 aromatic rings. The molecule has 1 aliphatic heterocycles. The van der Waals surface area contributed by atoms with Gasteiger partial charge in [0, 0.05) is 29.6 Å². The van der Waals surface area contributed by atoms with Crippen LogP contribution in [0.4, 0.5) is 11.4 Å². The number of nitrogens with one attached hydrogen (secondary N) is 2. The number of aromatic nitrogens is 1. The molecular formula is C27H21Cl3N4O3S. The lowest BCUT2D eigenvalue weighted by atomic mass is 10.0. The molecule has 0 radical (unpaired) electrons. The van der Waals surface area contributed by atoms with Gasteiger partial charge in [0.05, 0.1) is 27.5 Å². The van der Waals surface area contributed by atoms with E-state index in [-0.39, 0.29) is 18.6 Å². The molecule has 0 unspecified atom stereocenters. The molecule has 3 heterocycles. The number of thiocarbonyl (C=S) groups is 1. The van der Waals surface area contributed by atoms with Gasteiger partial charge in [-0.05, 0) is 72.9 Å². The fourth-order valence-corrected chi connectivity index (χ4v) is 5.41. The van der Waals surface area contributed by atoms with Crippen molar-refractivity contribution in [2.45, 2.75) is 12.1 Å². The number of hydrogen-bond acceptors (Lipinski definition) is 5. The number of pyridine rings is 1. The molecule has 1 saturated heterocycles. The number of amides is 1. The monoisotopic (exact) mass is 586 g/mol. The lowest BCUT2D eigenvalue weighted by Crippen LogP contribution is -2.29. The molecule has 0 bridgehead atoms. The molecule has 1 aliphatic rings. The number of nitrogens with zero attached hydrogens (tertiary/aromatic N) is 2. The van der Waals surface area contributed by atoms with Crippen molar-refractivity contribution in [1.29, 1.82) is 0 Å². The maximum Gasteiger partial charge on any atom is 0.250 e. The van der Waals surface area contributed by atoms with Gasteiger partial charge in [-0.1, -0.05) is 40.9 Å². The van der Waals surface area contributed by atoms with Gasteiger partial charge < -0.3 is 24.7 Å². The van der Waals surface area contributed by atoms with Crippen LogP contribution in [-0.4, -0.2) is 29.7 Å². The van der Waals surface area contributed by atoms with Gasteiger partial charge >= 0.3 is 0 Å². The molecule has 5 rings (SSSR count). The van der Waals surface area contributed by atoms with Crippen molar-refractivity contribution in [2.24, 2.45) is 0 Å². The number of carbonyl (C=O) groups excluding carboxylic acids is 1. The standard InChI is InChI=1S/C27H21Cl3N4O3S/c1-36-14-24(35)32-20-8-6-16(13-19(20)30)34-26(25(33-27(34)38)21-4-2-3-11-31-21)23-10-9-22(37-23)17-7-5-15(28)12-18(17)29/h2-13,25-26H,14H2,1H3,(H,32,35)(H,33,38)/t25-,26+/m1/s1. The average Bonchev–Trinajstić information content (AvgIpc) is 3.50. The van der Waals surface area contributed by atoms with Gasteiger partial charge in [0.1, 0.15) is 24.2 Å². The van der Waals surface area contributed by atoms with Crippen molar-refractivity contribution in [3.05, 3.63) is 99.4 Å². The molecule has 7 nitrogen and oxygen atoms in total. The summed E-state index contributed by atoms with van der Waals surface area (Å²) in [5.74, 6) is 0.925. The normalized spacial score (nSPS) is 16.9. The minimum atomic E-state index is -0.401. The number of hydrogen-bond donors (Lipinski definition) is 2. The van der Waals surface area contributed by atoms with Crippen LogP contribution in [0.2, 0.25) is 15.1 Å². The van der Waals surface area contributed by atoms with Crippen LogP contribution < -0.4 is 15.5 Å². The lowest BCUT2D eigenvalue weighted by Gasteiger charge is -2.26. The zero-order chi connectivity index (χ0) is 26.8. The Balaban J connectivity index is 1.55. The first-order valence-corrected chi connectivity index (χ1v) is 13.0. The van der Waals surface area contributed by atoms with Crippen molar-refractivity contribution < 1.29 is 13.9 Å². The van der Waals surface area contributed by atoms with Gasteiger partial charge in [-0.15, -0.1) is 0 Å². The fraction of sp³-hybridized carbons (Fsp3) is 0.148. The number of anilines is 2. The topological polar surface area (TPSA) is 79.6 Å². The number of furan rings is 1. The van der Waals surface area contributed by atoms with Crippen LogP contribution in [0.15, 0.2) is 77.3 Å². The summed E-state index contributed by atoms with van der Waals surface area (Å²) in [6.45, 7) is -0.0789. The summed E-state index contributed by atoms with van der Waals surface area (Å²) in [6, 6.07) is 19.3. The van der Waals surface area contributed by atoms with E-state index in [0.717, 1.165) is 11.3 Å². The van der Waals surface area contributed by atoms with E-state index in [1.165, 1.54) is 7.11 Å². The smallest absolute Gasteiger partial charge is 0.250 e. The van der Waals surface area contributed by atoms with Gasteiger partial charge in [-0.2, -0.15) is 0 Å². The molecule has 11 heteroatoms. The summed E-state index contributed by atoms with van der Waals surface area (Å²) in [5.41, 5.74) is 2.68. The predicted octanol–water partition coefficient (Wildman–Crippen LogP) is 7.06. The van der Waals surface area contributed by atoms with E-state index >= 15 is 0 Å². The molecule has 0 spiro atoms. The second-order valence-corrected chi connectivity index (χ2v) is 10.1. The molecule has 2 aromatic heterocycles. The van der Waals surface area contributed by atoms with Crippen LogP contribution in [0, 0.1) is 0 Å². The number of benzene rings is 2. The summed E-state index contributed by atoms with van der Waals surface area (Å²) < 4.78 is 11.2. The van der Waals surface area contributed by atoms with Crippen LogP contribution in [-0.2, 0) is 9.53 Å². The molecule has 0 aliphatic carbocycles. The highest BCUT2D eigenvalue weighted by molar-refractivity contribution is 7.80. The zero-order valence-corrected chi connectivity index (χ0v) is 23.0. The number of methoxy groups -OCH3 is 1. The van der Waals surface area contributed by atoms with E-state index in [1.54, 1.807) is 30.5 Å². The maximum atomic E-state index is 12.0. The Kier molecular flexibility index (Phi) is 7.88. The van der Waals surface area contributed by atoms with E-state index in [2.05, 4.69) is 15.6 Å². The largest absolute Gasteiger partial charge is 0.459 e. The predicted molar refractivity (Wildman–Crippen MR) is 154 cm³/mol. The number of rotatable bonds is 7. The van der Waals surface area contributed by atoms with Crippen molar-refractivity contribution in [3.8, 4) is 11.3 Å². The Hall–Kier alpha value is -3.14. The third-order valence-electron chi connectivity index (χ3n) is 5.99. The zero-order valence-electron chi connectivity index (χ0n) is 20.0. The van der Waals surface area contributed by atoms with Crippen molar-refractivity contribution in [2.75, 3.05) is 23.9 Å². The fourth-order valence-electron chi connectivity index (χ4n) is 4.34. The Labute approximate surface area is 239 Å². The molecule has 194 valence electrons. The first kappa shape index (κ1) is 26.5. The van der Waals surface area contributed by atoms with Crippen molar-refractivity contribution in [3.63, 3.8) is 0 Å². The molecule has 1 fully saturated rings. The molecule has 2 aromatic carbocycles. The summed E-state index contributed by atoms with van der Waals surface area (Å²) in [4.78, 5) is 18.5. The van der Waals surface area contributed by atoms with Gasteiger partial charge in [0.15, 0.2) is 5.11 Å². The first-order chi connectivity index (χ1) is 18.4. The third-order valence-corrected chi connectivity index (χ3v) is 7.17. The van der Waals surface area contributed by atoms with Crippen molar-refractivity contribution in [1.82, 2.24) is 10.3 Å². The Morgan fingerprint density at radius 1 is 1.11 bits per heavy atom. The summed E-state index contributed by atoms with van der Waals surface area (Å²) >= 11 is 24.8. The van der Waals surface area contributed by atoms with E-state index in [0.29, 0.717) is 43.1 Å². The second-order valence-electron chi connectivity index (χ2n) is 8.47. The highest BCUT2D eigenvalue weighted by Crippen LogP contribution is 2.44. The summed E-state index contributed by atoms with van der Waals surface area (Å²) in [7, 11) is 1.45. The molecular weight excluding hydrogens is 567 g/mol. The maximum absolute atomic E-state index is 12.0. The van der Waals surface area contributed by atoms with Crippen molar-refractivity contribution >= 4 is 69.4 Å². The van der Waals surface area contributed by atoms with E-state index in [1.807, 2.05) is 47.4 Å². The molecule has 0 saturated carbocycles. The number of carbonyl (C=O) groups is 1. The van der Waals surface area contributed by atoms with E-state index < -0.39 is 6.04 Å². The third kappa shape index (κ3) is 5.36. The average molecular weight is 588 g/mol. The van der Waals surface area contributed by atoms with Gasteiger partial charge in [0.2, 0.25) is 5.91 Å². The van der Waals surface area contributed by atoms with Gasteiger partial charge in [-0.3, -0.25) is 9.78 Å². The summed E-state index contributed by atoms with van der Waals surface area (Å²) in [6.07, 6.45) is 1.73. The molecule has 1 amide bonds. The Morgan fingerprint density at radius 3 is 2.66 bits per heavy atom. The van der Waals surface area contributed by atoms with E-state index in [4.69, 9.17) is 56.2 Å². The number of ether oxygens (including phenoxy) is 1. The van der Waals surface area contributed by atoms with E-state index in [9.17, 15) is 4.79 Å². The minimum absolute atomic E-state index is 0.0789. The minimum Gasteiger partial charge on any atom is -0.459 e. The highest BCUT2D eigenvalue weighted by Gasteiger charge is 2.42. The van der Waals surface area contributed by atoms with Crippen LogP contribution in [0.25, 0.3) is 11.3 Å². The van der Waals surface area contributed by atoms with Gasteiger partial charge in [0.25, 0.3) is 0 Å². The molecule has 38 heavy (non-hydrogen) atoms.